The van der Waals surface area contributed by atoms with Gasteiger partial charge in [-0.05, 0) is 44.0 Å². The van der Waals surface area contributed by atoms with Gasteiger partial charge in [0.25, 0.3) is 5.91 Å². The van der Waals surface area contributed by atoms with Crippen LogP contribution in [0.3, 0.4) is 0 Å². The molecule has 2 aliphatic rings. The Morgan fingerprint density at radius 2 is 2.00 bits per heavy atom. The summed E-state index contributed by atoms with van der Waals surface area (Å²) in [5, 5.41) is 2.93. The first-order valence-corrected chi connectivity index (χ1v) is 11.4. The lowest BCUT2D eigenvalue weighted by Gasteiger charge is -2.31. The van der Waals surface area contributed by atoms with E-state index in [4.69, 9.17) is 9.47 Å². The number of carbonyl (C=O) groups is 1. The first kappa shape index (κ1) is 21.0. The van der Waals surface area contributed by atoms with Gasteiger partial charge < -0.3 is 19.7 Å². The molecule has 8 nitrogen and oxygen atoms in total. The fourth-order valence-corrected chi connectivity index (χ4v) is 5.01. The molecule has 2 heterocycles. The molecule has 2 saturated heterocycles. The van der Waals surface area contributed by atoms with E-state index in [1.165, 1.54) is 4.31 Å². The van der Waals surface area contributed by atoms with Gasteiger partial charge in [-0.25, -0.2) is 8.42 Å². The van der Waals surface area contributed by atoms with E-state index < -0.39 is 10.0 Å². The number of hydrogen-bond donors (Lipinski definition) is 2. The van der Waals surface area contributed by atoms with E-state index in [1.807, 2.05) is 6.92 Å². The van der Waals surface area contributed by atoms with Crippen LogP contribution in [0.25, 0.3) is 0 Å². The quantitative estimate of drug-likeness (QED) is 0.588. The van der Waals surface area contributed by atoms with Crippen molar-refractivity contribution in [1.82, 2.24) is 9.62 Å². The molecule has 2 aliphatic heterocycles. The smallest absolute Gasteiger partial charge is 0.275 e. The van der Waals surface area contributed by atoms with Crippen molar-refractivity contribution >= 4 is 15.9 Å². The summed E-state index contributed by atoms with van der Waals surface area (Å²) in [7, 11) is -3.52. The maximum atomic E-state index is 12.8. The number of amides is 1. The molecule has 1 atom stereocenters. The van der Waals surface area contributed by atoms with E-state index in [-0.39, 0.29) is 16.9 Å². The van der Waals surface area contributed by atoms with E-state index in [0.717, 1.165) is 24.3 Å². The number of sulfonamides is 1. The number of nitrogens with zero attached hydrogens (tertiary/aromatic N) is 1. The molecule has 0 unspecified atom stereocenters. The van der Waals surface area contributed by atoms with E-state index in [0.29, 0.717) is 51.6 Å². The molecule has 0 spiro atoms. The summed E-state index contributed by atoms with van der Waals surface area (Å²) in [6, 6.07) is 6.52. The van der Waals surface area contributed by atoms with Gasteiger partial charge in [0.05, 0.1) is 43.8 Å². The Balaban J connectivity index is 1.46. The van der Waals surface area contributed by atoms with Crippen molar-refractivity contribution < 1.29 is 27.6 Å². The van der Waals surface area contributed by atoms with E-state index in [9.17, 15) is 13.2 Å². The standard InChI is InChI=1S/C19H29N3O5S/c1-2-26-16-5-7-18(8-6-16)28(24,25)22-11-9-21(10-12-22)15-19(23)20-14-17-4-3-13-27-17/h5-8,17H,2-4,9-15H2,1H3,(H,20,23)/p+1/t17-/m1/s1. The second-order valence-corrected chi connectivity index (χ2v) is 9.11. The number of quaternary nitrogens is 1. The Bertz CT molecular complexity index is 739. The number of piperazine rings is 1. The minimum Gasteiger partial charge on any atom is -0.494 e. The molecule has 1 aromatic rings. The SMILES string of the molecule is CCOc1ccc(S(=O)(=O)N2CC[NH+](CC(=O)NC[C@H]3CCCO3)CC2)cc1. The van der Waals surface area contributed by atoms with Gasteiger partial charge >= 0.3 is 0 Å². The molecule has 9 heteroatoms. The Labute approximate surface area is 166 Å². The lowest BCUT2D eigenvalue weighted by Crippen LogP contribution is -3.15. The number of hydrogen-bond acceptors (Lipinski definition) is 5. The Hall–Kier alpha value is -1.68. The summed E-state index contributed by atoms with van der Waals surface area (Å²) >= 11 is 0. The maximum Gasteiger partial charge on any atom is 0.275 e. The molecule has 0 aliphatic carbocycles. The monoisotopic (exact) mass is 412 g/mol. The lowest BCUT2D eigenvalue weighted by molar-refractivity contribution is -0.895. The summed E-state index contributed by atoms with van der Waals surface area (Å²) in [6.45, 7) is 6.17. The molecule has 0 saturated carbocycles. The van der Waals surface area contributed by atoms with E-state index in [2.05, 4.69) is 5.32 Å². The van der Waals surface area contributed by atoms with E-state index in [1.54, 1.807) is 24.3 Å². The first-order valence-electron chi connectivity index (χ1n) is 9.94. The van der Waals surface area contributed by atoms with Gasteiger partial charge in [-0.15, -0.1) is 0 Å². The van der Waals surface area contributed by atoms with Gasteiger partial charge in [0, 0.05) is 13.2 Å². The van der Waals surface area contributed by atoms with E-state index >= 15 is 0 Å². The number of carbonyl (C=O) groups excluding carboxylic acids is 1. The third kappa shape index (κ3) is 5.44. The summed E-state index contributed by atoms with van der Waals surface area (Å²) < 4.78 is 38.0. The van der Waals surface area contributed by atoms with Gasteiger partial charge in [-0.1, -0.05) is 0 Å². The molecule has 156 valence electrons. The third-order valence-electron chi connectivity index (χ3n) is 5.16. The van der Waals surface area contributed by atoms with Crippen LogP contribution in [0.5, 0.6) is 5.75 Å². The largest absolute Gasteiger partial charge is 0.494 e. The molecule has 1 aromatic carbocycles. The Kier molecular flexibility index (Phi) is 7.28. The highest BCUT2D eigenvalue weighted by molar-refractivity contribution is 7.89. The number of rotatable bonds is 8. The highest BCUT2D eigenvalue weighted by Crippen LogP contribution is 2.19. The zero-order valence-corrected chi connectivity index (χ0v) is 17.2. The summed E-state index contributed by atoms with van der Waals surface area (Å²) in [5.74, 6) is 0.651. The molecule has 0 bridgehead atoms. The van der Waals surface area contributed by atoms with Crippen LogP contribution in [0.4, 0.5) is 0 Å². The summed E-state index contributed by atoms with van der Waals surface area (Å²) in [5.41, 5.74) is 0. The van der Waals surface area contributed by atoms with Crippen molar-refractivity contribution in [3.63, 3.8) is 0 Å². The first-order chi connectivity index (χ1) is 13.5. The summed E-state index contributed by atoms with van der Waals surface area (Å²) in [4.78, 5) is 13.5. The minimum atomic E-state index is -3.52. The van der Waals surface area contributed by atoms with Crippen molar-refractivity contribution in [2.24, 2.45) is 0 Å². The fourth-order valence-electron chi connectivity index (χ4n) is 3.57. The van der Waals surface area contributed by atoms with Crippen LogP contribution in [0.15, 0.2) is 29.2 Å². The molecule has 0 aromatic heterocycles. The van der Waals surface area contributed by atoms with Crippen LogP contribution < -0.4 is 15.0 Å². The molecule has 1 amide bonds. The van der Waals surface area contributed by atoms with Gasteiger partial charge in [0.15, 0.2) is 6.54 Å². The molecular weight excluding hydrogens is 382 g/mol. The number of ether oxygens (including phenoxy) is 2. The van der Waals surface area contributed by atoms with Crippen LogP contribution in [-0.2, 0) is 19.6 Å². The topological polar surface area (TPSA) is 89.4 Å². The number of nitrogens with one attached hydrogen (secondary N) is 2. The average molecular weight is 413 g/mol. The van der Waals surface area contributed by atoms with Crippen LogP contribution in [-0.4, -0.2) is 77.2 Å². The van der Waals surface area contributed by atoms with Crippen molar-refractivity contribution in [3.8, 4) is 5.75 Å². The third-order valence-corrected chi connectivity index (χ3v) is 7.08. The average Bonchev–Trinajstić information content (AvgIpc) is 3.21. The highest BCUT2D eigenvalue weighted by atomic mass is 32.2. The molecule has 2 fully saturated rings. The maximum absolute atomic E-state index is 12.8. The minimum absolute atomic E-state index is 0.00619. The highest BCUT2D eigenvalue weighted by Gasteiger charge is 2.31. The van der Waals surface area contributed by atoms with Gasteiger partial charge in [0.2, 0.25) is 10.0 Å². The predicted molar refractivity (Wildman–Crippen MR) is 104 cm³/mol. The zero-order chi connectivity index (χ0) is 20.0. The fraction of sp³-hybridized carbons (Fsp3) is 0.632. The zero-order valence-electron chi connectivity index (χ0n) is 16.4. The van der Waals surface area contributed by atoms with Crippen molar-refractivity contribution in [3.05, 3.63) is 24.3 Å². The predicted octanol–water partition coefficient (Wildman–Crippen LogP) is -0.730. The Morgan fingerprint density at radius 1 is 1.29 bits per heavy atom. The van der Waals surface area contributed by atoms with Crippen LogP contribution in [0.2, 0.25) is 0 Å². The molecule has 3 rings (SSSR count). The van der Waals surface area contributed by atoms with Gasteiger partial charge in [-0.2, -0.15) is 4.31 Å². The van der Waals surface area contributed by atoms with Crippen LogP contribution in [0.1, 0.15) is 19.8 Å². The Morgan fingerprint density at radius 3 is 2.61 bits per heavy atom. The van der Waals surface area contributed by atoms with Crippen molar-refractivity contribution in [1.29, 1.82) is 0 Å². The normalized spacial score (nSPS) is 21.5. The van der Waals surface area contributed by atoms with Crippen molar-refractivity contribution in [2.75, 3.05) is 52.5 Å². The molecular formula is C19H30N3O5S+. The summed E-state index contributed by atoms with van der Waals surface area (Å²) in [6.07, 6.45) is 2.18. The van der Waals surface area contributed by atoms with Crippen molar-refractivity contribution in [2.45, 2.75) is 30.8 Å². The second kappa shape index (κ2) is 9.69. The second-order valence-electron chi connectivity index (χ2n) is 7.17. The van der Waals surface area contributed by atoms with Crippen LogP contribution in [0, 0.1) is 0 Å². The van der Waals surface area contributed by atoms with Gasteiger partial charge in [0.1, 0.15) is 5.75 Å². The molecule has 0 radical (unpaired) electrons. The molecule has 28 heavy (non-hydrogen) atoms. The van der Waals surface area contributed by atoms with Gasteiger partial charge in [-0.3, -0.25) is 4.79 Å². The lowest BCUT2D eigenvalue weighted by atomic mass is 10.2. The molecule has 2 N–H and O–H groups in total. The number of benzene rings is 1. The van der Waals surface area contributed by atoms with Crippen LogP contribution >= 0.6 is 0 Å².